The van der Waals surface area contributed by atoms with E-state index in [9.17, 15) is 4.79 Å². The van der Waals surface area contributed by atoms with Gasteiger partial charge in [0.25, 0.3) is 5.91 Å². The Morgan fingerprint density at radius 3 is 2.30 bits per heavy atom. The lowest BCUT2D eigenvalue weighted by Gasteiger charge is -2.34. The molecule has 0 unspecified atom stereocenters. The van der Waals surface area contributed by atoms with Crippen LogP contribution in [0.3, 0.4) is 0 Å². The molecule has 1 N–H and O–H groups in total. The summed E-state index contributed by atoms with van der Waals surface area (Å²) in [5.41, 5.74) is 5.68. The summed E-state index contributed by atoms with van der Waals surface area (Å²) in [4.78, 5) is 16.8. The highest BCUT2D eigenvalue weighted by Crippen LogP contribution is 2.10. The lowest BCUT2D eigenvalue weighted by molar-refractivity contribution is -0.122. The number of hydrogen-bond donors (Lipinski definition) is 1. The van der Waals surface area contributed by atoms with Gasteiger partial charge in [-0.1, -0.05) is 54.1 Å². The zero-order valence-electron chi connectivity index (χ0n) is 15.6. The van der Waals surface area contributed by atoms with Crippen molar-refractivity contribution in [3.8, 4) is 0 Å². The molecule has 6 heteroatoms. The van der Waals surface area contributed by atoms with E-state index in [0.29, 0.717) is 11.6 Å². The molecule has 5 nitrogen and oxygen atoms in total. The summed E-state index contributed by atoms with van der Waals surface area (Å²) >= 11 is 5.89. The number of rotatable bonds is 6. The minimum absolute atomic E-state index is 0.0835. The Morgan fingerprint density at radius 1 is 1.00 bits per heavy atom. The third-order valence-electron chi connectivity index (χ3n) is 4.69. The maximum Gasteiger partial charge on any atom is 0.254 e. The molecular formula is C21H25ClN4O. The van der Waals surface area contributed by atoms with E-state index in [4.69, 9.17) is 11.6 Å². The minimum atomic E-state index is -0.0835. The van der Waals surface area contributed by atoms with E-state index in [1.165, 1.54) is 5.56 Å². The number of nitrogens with zero attached hydrogens (tertiary/aromatic N) is 3. The number of carbonyl (C=O) groups excluding carboxylic acids is 1. The minimum Gasteiger partial charge on any atom is -0.297 e. The standard InChI is InChI=1S/C21H25ClN4O/c1-17(19-7-9-20(22)10-8-19)23-24-21(27)16-26-13-11-25(12-14-26)15-18-5-3-2-4-6-18/h2-10H,11-16H2,1H3,(H,24,27)/b23-17+. The van der Waals surface area contributed by atoms with Crippen molar-refractivity contribution in [2.24, 2.45) is 5.10 Å². The first-order valence-electron chi connectivity index (χ1n) is 9.18. The van der Waals surface area contributed by atoms with Crippen molar-refractivity contribution < 1.29 is 4.79 Å². The van der Waals surface area contributed by atoms with E-state index < -0.39 is 0 Å². The highest BCUT2D eigenvalue weighted by Gasteiger charge is 2.18. The molecule has 1 amide bonds. The summed E-state index contributed by atoms with van der Waals surface area (Å²) in [6.07, 6.45) is 0. The maximum absolute atomic E-state index is 12.2. The summed E-state index contributed by atoms with van der Waals surface area (Å²) in [6, 6.07) is 17.9. The van der Waals surface area contributed by atoms with Crippen molar-refractivity contribution in [2.75, 3.05) is 32.7 Å². The van der Waals surface area contributed by atoms with Gasteiger partial charge in [0, 0.05) is 37.7 Å². The summed E-state index contributed by atoms with van der Waals surface area (Å²) in [7, 11) is 0. The van der Waals surface area contributed by atoms with Gasteiger partial charge in [-0.3, -0.25) is 14.6 Å². The second-order valence-electron chi connectivity index (χ2n) is 6.78. The zero-order chi connectivity index (χ0) is 19.1. The van der Waals surface area contributed by atoms with Crippen LogP contribution in [0.2, 0.25) is 5.02 Å². The first kappa shape index (κ1) is 19.5. The first-order chi connectivity index (χ1) is 13.1. The van der Waals surface area contributed by atoms with E-state index in [1.807, 2.05) is 37.3 Å². The molecule has 1 fully saturated rings. The Bertz CT molecular complexity index is 769. The third kappa shape index (κ3) is 6.17. The van der Waals surface area contributed by atoms with Crippen LogP contribution in [0.1, 0.15) is 18.1 Å². The van der Waals surface area contributed by atoms with Crippen molar-refractivity contribution >= 4 is 23.2 Å². The predicted molar refractivity (Wildman–Crippen MR) is 110 cm³/mol. The number of benzene rings is 2. The summed E-state index contributed by atoms with van der Waals surface area (Å²) < 4.78 is 0. The monoisotopic (exact) mass is 384 g/mol. The Labute approximate surface area is 165 Å². The molecule has 0 saturated carbocycles. The first-order valence-corrected chi connectivity index (χ1v) is 9.55. The van der Waals surface area contributed by atoms with Crippen LogP contribution >= 0.6 is 11.6 Å². The number of amides is 1. The third-order valence-corrected chi connectivity index (χ3v) is 4.94. The molecule has 1 saturated heterocycles. The fourth-order valence-corrected chi connectivity index (χ4v) is 3.21. The van der Waals surface area contributed by atoms with Crippen molar-refractivity contribution in [3.63, 3.8) is 0 Å². The largest absolute Gasteiger partial charge is 0.297 e. The second kappa shape index (κ2) is 9.65. The molecule has 1 aliphatic heterocycles. The van der Waals surface area contributed by atoms with Crippen molar-refractivity contribution in [2.45, 2.75) is 13.5 Å². The Morgan fingerprint density at radius 2 is 1.63 bits per heavy atom. The number of halogens is 1. The molecule has 3 rings (SSSR count). The summed E-state index contributed by atoms with van der Waals surface area (Å²) in [5.74, 6) is -0.0835. The molecule has 2 aromatic carbocycles. The highest BCUT2D eigenvalue weighted by atomic mass is 35.5. The normalized spacial score (nSPS) is 16.3. The molecule has 0 aromatic heterocycles. The number of nitrogens with one attached hydrogen (secondary N) is 1. The van der Waals surface area contributed by atoms with E-state index in [0.717, 1.165) is 44.0 Å². The Balaban J connectivity index is 1.41. The average molecular weight is 385 g/mol. The van der Waals surface area contributed by atoms with Gasteiger partial charge in [-0.15, -0.1) is 0 Å². The van der Waals surface area contributed by atoms with Crippen LogP contribution < -0.4 is 5.43 Å². The SMILES string of the molecule is C/C(=N\NC(=O)CN1CCN(Cc2ccccc2)CC1)c1ccc(Cl)cc1. The number of carbonyl (C=O) groups is 1. The summed E-state index contributed by atoms with van der Waals surface area (Å²) in [6.45, 7) is 6.92. The van der Waals surface area contributed by atoms with Crippen LogP contribution in [-0.4, -0.2) is 54.1 Å². The molecule has 27 heavy (non-hydrogen) atoms. The van der Waals surface area contributed by atoms with Gasteiger partial charge in [-0.2, -0.15) is 5.10 Å². The van der Waals surface area contributed by atoms with Gasteiger partial charge in [0.15, 0.2) is 0 Å². The van der Waals surface area contributed by atoms with Crippen LogP contribution in [0.4, 0.5) is 0 Å². The molecule has 0 spiro atoms. The topological polar surface area (TPSA) is 47.9 Å². The zero-order valence-corrected chi connectivity index (χ0v) is 16.3. The van der Waals surface area contributed by atoms with Crippen molar-refractivity contribution in [1.82, 2.24) is 15.2 Å². The highest BCUT2D eigenvalue weighted by molar-refractivity contribution is 6.30. The van der Waals surface area contributed by atoms with Gasteiger partial charge >= 0.3 is 0 Å². The van der Waals surface area contributed by atoms with Gasteiger partial charge in [0.05, 0.1) is 12.3 Å². The van der Waals surface area contributed by atoms with E-state index in [2.05, 4.69) is 44.6 Å². The van der Waals surface area contributed by atoms with Gasteiger partial charge in [-0.05, 0) is 30.2 Å². The van der Waals surface area contributed by atoms with Gasteiger partial charge in [0.1, 0.15) is 0 Å². The quantitative estimate of drug-likeness (QED) is 0.615. The number of hydrazone groups is 1. The molecular weight excluding hydrogens is 360 g/mol. The van der Waals surface area contributed by atoms with Gasteiger partial charge < -0.3 is 0 Å². The molecule has 142 valence electrons. The van der Waals surface area contributed by atoms with E-state index in [1.54, 1.807) is 0 Å². The van der Waals surface area contributed by atoms with Crippen LogP contribution in [0.15, 0.2) is 59.7 Å². The lowest BCUT2D eigenvalue weighted by atomic mass is 10.1. The average Bonchev–Trinajstić information content (AvgIpc) is 2.69. The van der Waals surface area contributed by atoms with Gasteiger partial charge in [0.2, 0.25) is 0 Å². The molecule has 2 aromatic rings. The molecule has 0 bridgehead atoms. The second-order valence-corrected chi connectivity index (χ2v) is 7.21. The van der Waals surface area contributed by atoms with Crippen LogP contribution in [-0.2, 0) is 11.3 Å². The molecule has 1 aliphatic rings. The van der Waals surface area contributed by atoms with E-state index in [-0.39, 0.29) is 5.91 Å². The maximum atomic E-state index is 12.2. The van der Waals surface area contributed by atoms with Gasteiger partial charge in [-0.25, -0.2) is 5.43 Å². The smallest absolute Gasteiger partial charge is 0.254 e. The summed E-state index contributed by atoms with van der Waals surface area (Å²) in [5, 5.41) is 4.88. The van der Waals surface area contributed by atoms with Crippen LogP contribution in [0.25, 0.3) is 0 Å². The fourth-order valence-electron chi connectivity index (χ4n) is 3.09. The molecule has 0 atom stereocenters. The number of hydrogen-bond acceptors (Lipinski definition) is 4. The Hall–Kier alpha value is -2.21. The molecule has 0 aliphatic carbocycles. The fraction of sp³-hybridized carbons (Fsp3) is 0.333. The Kier molecular flexibility index (Phi) is 6.98. The van der Waals surface area contributed by atoms with Crippen LogP contribution in [0, 0.1) is 0 Å². The van der Waals surface area contributed by atoms with Crippen LogP contribution in [0.5, 0.6) is 0 Å². The molecule has 0 radical (unpaired) electrons. The van der Waals surface area contributed by atoms with Crippen molar-refractivity contribution in [3.05, 3.63) is 70.7 Å². The van der Waals surface area contributed by atoms with E-state index >= 15 is 0 Å². The van der Waals surface area contributed by atoms with Crippen molar-refractivity contribution in [1.29, 1.82) is 0 Å². The number of piperazine rings is 1. The lowest BCUT2D eigenvalue weighted by Crippen LogP contribution is -2.48. The molecule has 1 heterocycles. The predicted octanol–water partition coefficient (Wildman–Crippen LogP) is 3.00.